The zero-order valence-corrected chi connectivity index (χ0v) is 26.2. The highest BCUT2D eigenvalue weighted by atomic mass is 19.4. The molecule has 2 N–H and O–H groups in total. The van der Waals surface area contributed by atoms with Crippen molar-refractivity contribution in [2.75, 3.05) is 6.54 Å². The number of carbonyl (C=O) groups is 4. The second kappa shape index (κ2) is 14.7. The summed E-state index contributed by atoms with van der Waals surface area (Å²) in [4.78, 5) is 52.9. The van der Waals surface area contributed by atoms with Gasteiger partial charge in [-0.05, 0) is 58.9 Å². The van der Waals surface area contributed by atoms with E-state index in [2.05, 4.69) is 10.6 Å². The van der Waals surface area contributed by atoms with Crippen molar-refractivity contribution in [3.05, 3.63) is 35.9 Å². The molecule has 0 bridgehead atoms. The highest BCUT2D eigenvalue weighted by molar-refractivity contribution is 5.88. The fourth-order valence-electron chi connectivity index (χ4n) is 3.78. The third-order valence-corrected chi connectivity index (χ3v) is 5.85. The van der Waals surface area contributed by atoms with Crippen LogP contribution in [-0.2, 0) is 30.4 Å². The van der Waals surface area contributed by atoms with E-state index < -0.39 is 77.6 Å². The van der Waals surface area contributed by atoms with E-state index in [1.807, 2.05) is 0 Å². The minimum Gasteiger partial charge on any atom is -0.458 e. The molecule has 3 amide bonds. The standard InChI is InChI=1S/C30H46F3N3O6/c1-18(2)22(25(38)41-28(5,6)7)34-24(37)21(30(31,32)33)17-36(16-20-14-12-11-13-15-20)27(40)35-23(19(3)4)26(39)42-29(8,9)10/h11-15,18-19,21-23H,16-17H2,1-10H3,(H,34,37)(H,35,40)/t21-,22-,23-/m0/s1. The first kappa shape index (κ1) is 36.7. The highest BCUT2D eigenvalue weighted by Gasteiger charge is 2.48. The van der Waals surface area contributed by atoms with Crippen LogP contribution < -0.4 is 10.6 Å². The van der Waals surface area contributed by atoms with Crippen LogP contribution in [0, 0.1) is 17.8 Å². The average Bonchev–Trinajstić information content (AvgIpc) is 2.80. The Bertz CT molecular complexity index is 1060. The second-order valence-electron chi connectivity index (χ2n) is 12.9. The molecular weight excluding hydrogens is 555 g/mol. The van der Waals surface area contributed by atoms with Gasteiger partial charge in [-0.3, -0.25) is 4.79 Å². The number of nitrogens with one attached hydrogen (secondary N) is 2. The highest BCUT2D eigenvalue weighted by Crippen LogP contribution is 2.29. The van der Waals surface area contributed by atoms with Crippen molar-refractivity contribution in [2.45, 2.75) is 105 Å². The van der Waals surface area contributed by atoms with Gasteiger partial charge in [-0.2, -0.15) is 13.2 Å². The molecule has 12 heteroatoms. The predicted molar refractivity (Wildman–Crippen MR) is 152 cm³/mol. The molecule has 0 aliphatic rings. The van der Waals surface area contributed by atoms with Crippen molar-refractivity contribution >= 4 is 23.9 Å². The molecule has 0 aliphatic heterocycles. The minimum atomic E-state index is -5.07. The molecule has 0 saturated heterocycles. The van der Waals surface area contributed by atoms with Crippen LogP contribution in [0.5, 0.6) is 0 Å². The summed E-state index contributed by atoms with van der Waals surface area (Å²) in [5.74, 6) is -6.82. The van der Waals surface area contributed by atoms with Gasteiger partial charge in [-0.25, -0.2) is 14.4 Å². The number of carbonyl (C=O) groups excluding carboxylic acids is 4. The first-order chi connectivity index (χ1) is 19.0. The number of urea groups is 1. The van der Waals surface area contributed by atoms with E-state index >= 15 is 0 Å². The lowest BCUT2D eigenvalue weighted by atomic mass is 10.0. The summed E-state index contributed by atoms with van der Waals surface area (Å²) in [5.41, 5.74) is -1.29. The molecule has 9 nitrogen and oxygen atoms in total. The van der Waals surface area contributed by atoms with E-state index in [1.165, 1.54) is 0 Å². The van der Waals surface area contributed by atoms with Gasteiger partial charge in [0.2, 0.25) is 5.91 Å². The Morgan fingerprint density at radius 1 is 0.762 bits per heavy atom. The smallest absolute Gasteiger partial charge is 0.402 e. The molecule has 0 radical (unpaired) electrons. The van der Waals surface area contributed by atoms with Crippen LogP contribution in [-0.4, -0.2) is 64.8 Å². The number of benzene rings is 1. The Morgan fingerprint density at radius 2 is 1.19 bits per heavy atom. The third kappa shape index (κ3) is 12.7. The van der Waals surface area contributed by atoms with Gasteiger partial charge < -0.3 is 25.0 Å². The lowest BCUT2D eigenvalue weighted by Crippen LogP contribution is -2.56. The largest absolute Gasteiger partial charge is 0.458 e. The zero-order valence-electron chi connectivity index (χ0n) is 26.2. The molecular formula is C30H46F3N3O6. The Kier molecular flexibility index (Phi) is 12.9. The summed E-state index contributed by atoms with van der Waals surface area (Å²) in [6, 6.07) is 4.76. The minimum absolute atomic E-state index is 0.286. The van der Waals surface area contributed by atoms with Crippen LogP contribution in [0.4, 0.5) is 18.0 Å². The van der Waals surface area contributed by atoms with Gasteiger partial charge in [0.15, 0.2) is 5.92 Å². The normalized spacial score (nSPS) is 14.5. The maximum Gasteiger partial charge on any atom is 0.402 e. The van der Waals surface area contributed by atoms with E-state index in [4.69, 9.17) is 9.47 Å². The monoisotopic (exact) mass is 601 g/mol. The van der Waals surface area contributed by atoms with Crippen molar-refractivity contribution < 1.29 is 41.8 Å². The van der Waals surface area contributed by atoms with Gasteiger partial charge in [0.05, 0.1) is 0 Å². The third-order valence-electron chi connectivity index (χ3n) is 5.85. The van der Waals surface area contributed by atoms with Gasteiger partial charge in [-0.15, -0.1) is 0 Å². The second-order valence-corrected chi connectivity index (χ2v) is 12.9. The maximum absolute atomic E-state index is 14.4. The lowest BCUT2D eigenvalue weighted by molar-refractivity contribution is -0.187. The Labute approximate surface area is 246 Å². The SMILES string of the molecule is CC(C)[C@H](NC(=O)[C@H](CN(Cc1ccccc1)C(=O)N[C@H](C(=O)OC(C)(C)C)C(C)C)C(F)(F)F)C(=O)OC(C)(C)C. The number of amides is 3. The molecule has 1 aromatic carbocycles. The first-order valence-electron chi connectivity index (χ1n) is 13.9. The molecule has 1 rings (SSSR count). The first-order valence-corrected chi connectivity index (χ1v) is 13.9. The van der Waals surface area contributed by atoms with Crippen LogP contribution in [0.25, 0.3) is 0 Å². The van der Waals surface area contributed by atoms with E-state index in [9.17, 15) is 32.3 Å². The molecule has 0 spiro atoms. The lowest BCUT2D eigenvalue weighted by Gasteiger charge is -2.33. The van der Waals surface area contributed by atoms with E-state index in [1.54, 1.807) is 99.6 Å². The predicted octanol–water partition coefficient (Wildman–Crippen LogP) is 5.23. The van der Waals surface area contributed by atoms with Crippen molar-refractivity contribution in [3.8, 4) is 0 Å². The summed E-state index contributed by atoms with van der Waals surface area (Å²) in [5, 5.41) is 4.69. The van der Waals surface area contributed by atoms with Gasteiger partial charge in [-0.1, -0.05) is 58.0 Å². The van der Waals surface area contributed by atoms with E-state index in [-0.39, 0.29) is 6.54 Å². The van der Waals surface area contributed by atoms with Gasteiger partial charge in [0.1, 0.15) is 23.3 Å². The number of rotatable bonds is 11. The number of hydrogen-bond acceptors (Lipinski definition) is 6. The van der Waals surface area contributed by atoms with E-state index in [0.717, 1.165) is 4.90 Å². The van der Waals surface area contributed by atoms with E-state index in [0.29, 0.717) is 5.56 Å². The Morgan fingerprint density at radius 3 is 1.57 bits per heavy atom. The van der Waals surface area contributed by atoms with Gasteiger partial charge in [0, 0.05) is 13.1 Å². The number of ether oxygens (including phenoxy) is 2. The number of nitrogens with zero attached hydrogens (tertiary/aromatic N) is 1. The molecule has 0 aromatic heterocycles. The topological polar surface area (TPSA) is 114 Å². The fourth-order valence-corrected chi connectivity index (χ4v) is 3.78. The van der Waals surface area contributed by atoms with Crippen molar-refractivity contribution in [1.29, 1.82) is 0 Å². The van der Waals surface area contributed by atoms with Gasteiger partial charge in [0.25, 0.3) is 0 Å². The van der Waals surface area contributed by atoms with Crippen LogP contribution >= 0.6 is 0 Å². The summed E-state index contributed by atoms with van der Waals surface area (Å²) >= 11 is 0. The quantitative estimate of drug-likeness (QED) is 0.336. The van der Waals surface area contributed by atoms with Crippen molar-refractivity contribution in [3.63, 3.8) is 0 Å². The molecule has 0 heterocycles. The Hall–Kier alpha value is -3.31. The van der Waals surface area contributed by atoms with Crippen LogP contribution in [0.15, 0.2) is 30.3 Å². The molecule has 0 saturated carbocycles. The number of hydrogen-bond donors (Lipinski definition) is 2. The maximum atomic E-state index is 14.4. The number of halogens is 3. The zero-order chi connectivity index (χ0) is 32.6. The molecule has 3 atom stereocenters. The van der Waals surface area contributed by atoms with Crippen LogP contribution in [0.2, 0.25) is 0 Å². The van der Waals surface area contributed by atoms with Crippen LogP contribution in [0.3, 0.4) is 0 Å². The molecule has 1 aromatic rings. The molecule has 42 heavy (non-hydrogen) atoms. The molecule has 0 unspecified atom stereocenters. The summed E-state index contributed by atoms with van der Waals surface area (Å²) < 4.78 is 53.7. The fraction of sp³-hybridized carbons (Fsp3) is 0.667. The Balaban J connectivity index is 3.38. The number of esters is 2. The molecule has 0 fully saturated rings. The molecule has 238 valence electrons. The summed E-state index contributed by atoms with van der Waals surface area (Å²) in [6.45, 7) is 14.8. The summed E-state index contributed by atoms with van der Waals surface area (Å²) in [6.07, 6.45) is -5.07. The van der Waals surface area contributed by atoms with Crippen molar-refractivity contribution in [2.24, 2.45) is 17.8 Å². The average molecular weight is 602 g/mol. The summed E-state index contributed by atoms with van der Waals surface area (Å²) in [7, 11) is 0. The number of alkyl halides is 3. The van der Waals surface area contributed by atoms with Gasteiger partial charge >= 0.3 is 24.1 Å². The van der Waals surface area contributed by atoms with Crippen molar-refractivity contribution in [1.82, 2.24) is 15.5 Å². The molecule has 0 aliphatic carbocycles. The van der Waals surface area contributed by atoms with Crippen LogP contribution in [0.1, 0.15) is 74.8 Å².